The molecule has 0 fully saturated rings. The molecule has 0 unspecified atom stereocenters. The number of amides is 2. The van der Waals surface area contributed by atoms with Crippen molar-refractivity contribution in [3.05, 3.63) is 47.4 Å². The van der Waals surface area contributed by atoms with Gasteiger partial charge in [-0.2, -0.15) is 0 Å². The van der Waals surface area contributed by atoms with Crippen LogP contribution in [0, 0.1) is 12.8 Å². The van der Waals surface area contributed by atoms with Crippen LogP contribution >= 0.6 is 0 Å². The van der Waals surface area contributed by atoms with Crippen molar-refractivity contribution < 1.29 is 23.5 Å². The fraction of sp³-hybridized carbons (Fsp3) is 0.600. The van der Waals surface area contributed by atoms with Crippen LogP contribution in [0.3, 0.4) is 0 Å². The summed E-state index contributed by atoms with van der Waals surface area (Å²) in [5.41, 5.74) is 0.936. The van der Waals surface area contributed by atoms with E-state index >= 15 is 0 Å². The third kappa shape index (κ3) is 9.45. The van der Waals surface area contributed by atoms with Crippen molar-refractivity contribution in [3.8, 4) is 11.5 Å². The molecule has 0 atom stereocenters. The SMILES string of the molecule is CCCCCCCCCC(=O)N(CC(=O)N(Cc1ccc2c(c1)OCO2)Cc1ccc(C)o1)CC(C)C. The van der Waals surface area contributed by atoms with E-state index in [4.69, 9.17) is 13.9 Å². The second kappa shape index (κ2) is 14.7. The molecule has 0 saturated carbocycles. The highest BCUT2D eigenvalue weighted by Crippen LogP contribution is 2.33. The smallest absolute Gasteiger partial charge is 0.242 e. The van der Waals surface area contributed by atoms with Crippen LogP contribution in [0.1, 0.15) is 89.2 Å². The molecule has 0 spiro atoms. The van der Waals surface area contributed by atoms with Gasteiger partial charge in [0.25, 0.3) is 0 Å². The molecule has 1 aliphatic rings. The molecule has 7 nitrogen and oxygen atoms in total. The molecule has 1 aliphatic heterocycles. The predicted octanol–water partition coefficient (Wildman–Crippen LogP) is 6.47. The van der Waals surface area contributed by atoms with Gasteiger partial charge in [0.05, 0.1) is 13.1 Å². The first-order chi connectivity index (χ1) is 17.9. The molecular weight excluding hydrogens is 468 g/mol. The summed E-state index contributed by atoms with van der Waals surface area (Å²) in [5, 5.41) is 0. The van der Waals surface area contributed by atoms with E-state index in [0.717, 1.165) is 29.9 Å². The molecule has 0 radical (unpaired) electrons. The van der Waals surface area contributed by atoms with Crippen LogP contribution in [0.4, 0.5) is 0 Å². The van der Waals surface area contributed by atoms with E-state index in [1.54, 1.807) is 9.80 Å². The number of carbonyl (C=O) groups excluding carboxylic acids is 2. The number of furan rings is 1. The summed E-state index contributed by atoms with van der Waals surface area (Å²) in [6, 6.07) is 9.52. The topological polar surface area (TPSA) is 72.2 Å². The third-order valence-electron chi connectivity index (χ3n) is 6.56. The van der Waals surface area contributed by atoms with Gasteiger partial charge in [-0.1, -0.05) is 65.4 Å². The summed E-state index contributed by atoms with van der Waals surface area (Å²) in [7, 11) is 0. The number of carbonyl (C=O) groups is 2. The largest absolute Gasteiger partial charge is 0.464 e. The van der Waals surface area contributed by atoms with Crippen LogP contribution in [-0.4, -0.2) is 41.5 Å². The number of rotatable bonds is 16. The number of nitrogens with zero attached hydrogens (tertiary/aromatic N) is 2. The summed E-state index contributed by atoms with van der Waals surface area (Å²) < 4.78 is 16.7. The summed E-state index contributed by atoms with van der Waals surface area (Å²) in [6.07, 6.45) is 8.62. The van der Waals surface area contributed by atoms with Crippen LogP contribution < -0.4 is 9.47 Å². The molecule has 1 aromatic heterocycles. The molecule has 0 aliphatic carbocycles. The number of benzene rings is 1. The molecule has 1 aromatic carbocycles. The lowest BCUT2D eigenvalue weighted by molar-refractivity contribution is -0.141. The second-order valence-electron chi connectivity index (χ2n) is 10.5. The van der Waals surface area contributed by atoms with E-state index in [1.165, 1.54) is 32.1 Å². The lowest BCUT2D eigenvalue weighted by Gasteiger charge is -2.28. The molecule has 0 bridgehead atoms. The maximum absolute atomic E-state index is 13.6. The number of ether oxygens (including phenoxy) is 2. The Morgan fingerprint density at radius 1 is 0.865 bits per heavy atom. The molecule has 7 heteroatoms. The molecular formula is C30H44N2O5. The Bertz CT molecular complexity index is 1000. The average molecular weight is 513 g/mol. The maximum atomic E-state index is 13.6. The average Bonchev–Trinajstić information content (AvgIpc) is 3.50. The van der Waals surface area contributed by atoms with Crippen molar-refractivity contribution in [2.75, 3.05) is 19.9 Å². The Labute approximate surface area is 222 Å². The van der Waals surface area contributed by atoms with Gasteiger partial charge in [-0.25, -0.2) is 0 Å². The Morgan fingerprint density at radius 3 is 2.30 bits per heavy atom. The summed E-state index contributed by atoms with van der Waals surface area (Å²) in [5.74, 6) is 3.16. The van der Waals surface area contributed by atoms with Gasteiger partial charge in [0.1, 0.15) is 11.5 Å². The van der Waals surface area contributed by atoms with Gasteiger partial charge in [-0.05, 0) is 49.1 Å². The first kappa shape index (κ1) is 28.6. The minimum Gasteiger partial charge on any atom is -0.464 e. The van der Waals surface area contributed by atoms with Crippen LogP contribution in [0.5, 0.6) is 11.5 Å². The Hall–Kier alpha value is -2.96. The minimum atomic E-state index is -0.0970. The Kier molecular flexibility index (Phi) is 11.4. The predicted molar refractivity (Wildman–Crippen MR) is 144 cm³/mol. The van der Waals surface area contributed by atoms with Crippen molar-refractivity contribution in [1.82, 2.24) is 9.80 Å². The number of hydrogen-bond acceptors (Lipinski definition) is 5. The Balaban J connectivity index is 1.64. The number of fused-ring (bicyclic) bond motifs is 1. The van der Waals surface area contributed by atoms with Crippen molar-refractivity contribution in [3.63, 3.8) is 0 Å². The summed E-state index contributed by atoms with van der Waals surface area (Å²) in [4.78, 5) is 30.2. The first-order valence-corrected chi connectivity index (χ1v) is 13.8. The van der Waals surface area contributed by atoms with E-state index in [1.807, 2.05) is 37.3 Å². The number of unbranched alkanes of at least 4 members (excludes halogenated alkanes) is 6. The molecule has 37 heavy (non-hydrogen) atoms. The Morgan fingerprint density at radius 2 is 1.59 bits per heavy atom. The fourth-order valence-corrected chi connectivity index (χ4v) is 4.60. The highest BCUT2D eigenvalue weighted by molar-refractivity contribution is 5.84. The lowest BCUT2D eigenvalue weighted by Crippen LogP contribution is -2.43. The second-order valence-corrected chi connectivity index (χ2v) is 10.5. The normalized spacial score (nSPS) is 12.2. The zero-order valence-corrected chi connectivity index (χ0v) is 23.1. The first-order valence-electron chi connectivity index (χ1n) is 13.8. The molecule has 0 N–H and O–H groups in total. The van der Waals surface area contributed by atoms with Crippen LogP contribution in [0.25, 0.3) is 0 Å². The van der Waals surface area contributed by atoms with Crippen LogP contribution in [-0.2, 0) is 22.7 Å². The molecule has 2 aromatic rings. The van der Waals surface area contributed by atoms with Crippen molar-refractivity contribution >= 4 is 11.8 Å². The zero-order valence-electron chi connectivity index (χ0n) is 23.1. The van der Waals surface area contributed by atoms with E-state index < -0.39 is 0 Å². The summed E-state index contributed by atoms with van der Waals surface area (Å²) in [6.45, 7) is 9.83. The molecule has 3 rings (SSSR count). The standard InChI is InChI=1S/C30H44N2O5/c1-5-6-7-8-9-10-11-12-29(33)31(18-23(2)3)21-30(34)32(20-26-15-13-24(4)37-26)19-25-14-16-27-28(17-25)36-22-35-27/h13-17,23H,5-12,18-22H2,1-4H3. The van der Waals surface area contributed by atoms with Crippen molar-refractivity contribution in [2.24, 2.45) is 5.92 Å². The van der Waals surface area contributed by atoms with Gasteiger partial charge >= 0.3 is 0 Å². The van der Waals surface area contributed by atoms with Crippen molar-refractivity contribution in [1.29, 1.82) is 0 Å². The highest BCUT2D eigenvalue weighted by atomic mass is 16.7. The minimum absolute atomic E-state index is 0.0625. The molecule has 2 amide bonds. The van der Waals surface area contributed by atoms with Gasteiger partial charge in [0.15, 0.2) is 11.5 Å². The molecule has 2 heterocycles. The fourth-order valence-electron chi connectivity index (χ4n) is 4.60. The van der Waals surface area contributed by atoms with Gasteiger partial charge in [0, 0.05) is 19.5 Å². The third-order valence-corrected chi connectivity index (χ3v) is 6.56. The maximum Gasteiger partial charge on any atom is 0.242 e. The van der Waals surface area contributed by atoms with Crippen molar-refractivity contribution in [2.45, 2.75) is 92.2 Å². The van der Waals surface area contributed by atoms with E-state index in [9.17, 15) is 9.59 Å². The summed E-state index contributed by atoms with van der Waals surface area (Å²) >= 11 is 0. The lowest BCUT2D eigenvalue weighted by atomic mass is 10.1. The molecule has 0 saturated heterocycles. The van der Waals surface area contributed by atoms with Gasteiger partial charge in [-0.15, -0.1) is 0 Å². The van der Waals surface area contributed by atoms with E-state index in [2.05, 4.69) is 20.8 Å². The zero-order chi connectivity index (χ0) is 26.6. The van der Waals surface area contributed by atoms with Crippen LogP contribution in [0.15, 0.2) is 34.7 Å². The number of aryl methyl sites for hydroxylation is 1. The van der Waals surface area contributed by atoms with Gasteiger partial charge in [0.2, 0.25) is 18.6 Å². The van der Waals surface area contributed by atoms with Gasteiger partial charge in [-0.3, -0.25) is 9.59 Å². The van der Waals surface area contributed by atoms with Crippen LogP contribution in [0.2, 0.25) is 0 Å². The highest BCUT2D eigenvalue weighted by Gasteiger charge is 2.24. The number of hydrogen-bond donors (Lipinski definition) is 0. The quantitative estimate of drug-likeness (QED) is 0.241. The monoisotopic (exact) mass is 512 g/mol. The van der Waals surface area contributed by atoms with Gasteiger partial charge < -0.3 is 23.7 Å². The van der Waals surface area contributed by atoms with E-state index in [0.29, 0.717) is 37.6 Å². The van der Waals surface area contributed by atoms with E-state index in [-0.39, 0.29) is 31.1 Å². The molecule has 204 valence electrons.